The SMILES string of the molecule is CC(C)(C)CNC(=O)c1cncc(C#N)c1. The van der Waals surface area contributed by atoms with Crippen molar-refractivity contribution in [1.82, 2.24) is 10.3 Å². The number of hydrogen-bond donors (Lipinski definition) is 1. The summed E-state index contributed by atoms with van der Waals surface area (Å²) in [6.07, 6.45) is 2.89. The van der Waals surface area contributed by atoms with Gasteiger partial charge in [0.15, 0.2) is 0 Å². The van der Waals surface area contributed by atoms with Crippen molar-refractivity contribution in [2.45, 2.75) is 20.8 Å². The van der Waals surface area contributed by atoms with Crippen LogP contribution < -0.4 is 5.32 Å². The molecule has 0 aromatic carbocycles. The summed E-state index contributed by atoms with van der Waals surface area (Å²) in [6.45, 7) is 6.70. The molecule has 0 atom stereocenters. The molecule has 0 aliphatic heterocycles. The van der Waals surface area contributed by atoms with E-state index in [1.165, 1.54) is 18.5 Å². The molecule has 1 rings (SSSR count). The Balaban J connectivity index is 2.71. The van der Waals surface area contributed by atoms with E-state index < -0.39 is 0 Å². The first-order valence-corrected chi connectivity index (χ1v) is 5.06. The minimum Gasteiger partial charge on any atom is -0.351 e. The van der Waals surface area contributed by atoms with Crippen molar-refractivity contribution in [3.05, 3.63) is 29.6 Å². The lowest BCUT2D eigenvalue weighted by Gasteiger charge is -2.18. The lowest BCUT2D eigenvalue weighted by atomic mass is 9.97. The summed E-state index contributed by atoms with van der Waals surface area (Å²) in [5.74, 6) is -0.195. The summed E-state index contributed by atoms with van der Waals surface area (Å²) in [4.78, 5) is 15.5. The van der Waals surface area contributed by atoms with Crippen LogP contribution in [0.4, 0.5) is 0 Å². The van der Waals surface area contributed by atoms with Gasteiger partial charge in [0.25, 0.3) is 5.91 Å². The highest BCUT2D eigenvalue weighted by atomic mass is 16.1. The van der Waals surface area contributed by atoms with Crippen LogP contribution in [0, 0.1) is 16.7 Å². The zero-order valence-corrected chi connectivity index (χ0v) is 9.74. The standard InChI is InChI=1S/C12H15N3O/c1-12(2,3)8-15-11(16)10-4-9(5-13)6-14-7-10/h4,6-7H,8H2,1-3H3,(H,15,16). The molecule has 16 heavy (non-hydrogen) atoms. The van der Waals surface area contributed by atoms with E-state index >= 15 is 0 Å². The summed E-state index contributed by atoms with van der Waals surface area (Å²) in [6, 6.07) is 3.48. The summed E-state index contributed by atoms with van der Waals surface area (Å²) in [5.41, 5.74) is 0.849. The average molecular weight is 217 g/mol. The number of rotatable bonds is 2. The van der Waals surface area contributed by atoms with Gasteiger partial charge in [0.2, 0.25) is 0 Å². The molecule has 0 fully saturated rings. The molecule has 1 amide bonds. The predicted molar refractivity (Wildman–Crippen MR) is 60.7 cm³/mol. The topological polar surface area (TPSA) is 65.8 Å². The Morgan fingerprint density at radius 2 is 2.19 bits per heavy atom. The minimum atomic E-state index is -0.195. The summed E-state index contributed by atoms with van der Waals surface area (Å²) < 4.78 is 0. The molecule has 4 nitrogen and oxygen atoms in total. The van der Waals surface area contributed by atoms with Crippen LogP contribution in [0.3, 0.4) is 0 Å². The Bertz CT molecular complexity index is 427. The largest absolute Gasteiger partial charge is 0.351 e. The van der Waals surface area contributed by atoms with Crippen molar-refractivity contribution in [2.75, 3.05) is 6.54 Å². The molecule has 0 unspecified atom stereocenters. The van der Waals surface area contributed by atoms with Crippen molar-refractivity contribution in [1.29, 1.82) is 5.26 Å². The molecular formula is C12H15N3O. The Labute approximate surface area is 95.3 Å². The van der Waals surface area contributed by atoms with Gasteiger partial charge in [0.05, 0.1) is 11.1 Å². The first-order chi connectivity index (χ1) is 7.42. The number of aromatic nitrogens is 1. The lowest BCUT2D eigenvalue weighted by molar-refractivity contribution is 0.0939. The molecule has 84 valence electrons. The Kier molecular flexibility index (Phi) is 3.62. The number of nitrogens with one attached hydrogen (secondary N) is 1. The molecule has 0 aliphatic rings. The number of carbonyl (C=O) groups is 1. The van der Waals surface area contributed by atoms with Gasteiger partial charge >= 0.3 is 0 Å². The summed E-state index contributed by atoms with van der Waals surface area (Å²) >= 11 is 0. The lowest BCUT2D eigenvalue weighted by Crippen LogP contribution is -2.32. The van der Waals surface area contributed by atoms with Crippen molar-refractivity contribution >= 4 is 5.91 Å². The van der Waals surface area contributed by atoms with Crippen LogP contribution in [-0.2, 0) is 0 Å². The highest BCUT2D eigenvalue weighted by molar-refractivity contribution is 5.94. The molecular weight excluding hydrogens is 202 g/mol. The third kappa shape index (κ3) is 3.70. The van der Waals surface area contributed by atoms with Crippen LogP contribution >= 0.6 is 0 Å². The highest BCUT2D eigenvalue weighted by Gasteiger charge is 2.13. The van der Waals surface area contributed by atoms with Crippen molar-refractivity contribution in [3.63, 3.8) is 0 Å². The molecule has 1 aromatic heterocycles. The number of hydrogen-bond acceptors (Lipinski definition) is 3. The van der Waals surface area contributed by atoms with E-state index in [0.29, 0.717) is 17.7 Å². The molecule has 0 radical (unpaired) electrons. The molecule has 4 heteroatoms. The van der Waals surface area contributed by atoms with Crippen LogP contribution in [0.1, 0.15) is 36.7 Å². The second kappa shape index (κ2) is 4.75. The second-order valence-electron chi connectivity index (χ2n) is 4.82. The number of nitriles is 1. The van der Waals surface area contributed by atoms with Crippen LogP contribution in [0.5, 0.6) is 0 Å². The van der Waals surface area contributed by atoms with Gasteiger partial charge in [-0.3, -0.25) is 9.78 Å². The van der Waals surface area contributed by atoms with Gasteiger partial charge < -0.3 is 5.32 Å². The van der Waals surface area contributed by atoms with E-state index in [0.717, 1.165) is 0 Å². The maximum absolute atomic E-state index is 11.7. The zero-order valence-electron chi connectivity index (χ0n) is 9.74. The maximum Gasteiger partial charge on any atom is 0.252 e. The van der Waals surface area contributed by atoms with Crippen LogP contribution in [0.25, 0.3) is 0 Å². The van der Waals surface area contributed by atoms with E-state index in [1.54, 1.807) is 0 Å². The highest BCUT2D eigenvalue weighted by Crippen LogP contribution is 2.11. The Hall–Kier alpha value is -1.89. The van der Waals surface area contributed by atoms with Crippen LogP contribution in [0.2, 0.25) is 0 Å². The number of nitrogens with zero attached hydrogens (tertiary/aromatic N) is 2. The zero-order chi connectivity index (χ0) is 12.2. The first kappa shape index (κ1) is 12.2. The van der Waals surface area contributed by atoms with E-state index in [9.17, 15) is 4.79 Å². The van der Waals surface area contributed by atoms with Gasteiger partial charge in [-0.05, 0) is 11.5 Å². The average Bonchev–Trinajstić information content (AvgIpc) is 2.25. The Morgan fingerprint density at radius 3 is 2.75 bits per heavy atom. The van der Waals surface area contributed by atoms with Crippen molar-refractivity contribution < 1.29 is 4.79 Å². The summed E-state index contributed by atoms with van der Waals surface area (Å²) in [7, 11) is 0. The van der Waals surface area contributed by atoms with Gasteiger partial charge in [0, 0.05) is 18.9 Å². The number of carbonyl (C=O) groups excluding carboxylic acids is 1. The fourth-order valence-electron chi connectivity index (χ4n) is 1.07. The molecule has 0 saturated carbocycles. The monoisotopic (exact) mass is 217 g/mol. The van der Waals surface area contributed by atoms with E-state index in [-0.39, 0.29) is 11.3 Å². The van der Waals surface area contributed by atoms with Gasteiger partial charge in [0.1, 0.15) is 6.07 Å². The van der Waals surface area contributed by atoms with E-state index in [4.69, 9.17) is 5.26 Å². The normalized spacial score (nSPS) is 10.6. The molecule has 1 N–H and O–H groups in total. The molecule has 0 aliphatic carbocycles. The Morgan fingerprint density at radius 1 is 1.50 bits per heavy atom. The molecule has 0 spiro atoms. The third-order valence-electron chi connectivity index (χ3n) is 1.91. The third-order valence-corrected chi connectivity index (χ3v) is 1.91. The molecule has 0 bridgehead atoms. The van der Waals surface area contributed by atoms with E-state index in [1.807, 2.05) is 26.8 Å². The molecule has 1 aromatic rings. The van der Waals surface area contributed by atoms with Crippen molar-refractivity contribution in [3.8, 4) is 6.07 Å². The first-order valence-electron chi connectivity index (χ1n) is 5.06. The fourth-order valence-corrected chi connectivity index (χ4v) is 1.07. The smallest absolute Gasteiger partial charge is 0.252 e. The van der Waals surface area contributed by atoms with Crippen molar-refractivity contribution in [2.24, 2.45) is 5.41 Å². The maximum atomic E-state index is 11.7. The van der Waals surface area contributed by atoms with Crippen LogP contribution in [-0.4, -0.2) is 17.4 Å². The molecule has 1 heterocycles. The summed E-state index contributed by atoms with van der Waals surface area (Å²) in [5, 5.41) is 11.5. The van der Waals surface area contributed by atoms with Crippen LogP contribution in [0.15, 0.2) is 18.5 Å². The number of pyridine rings is 1. The van der Waals surface area contributed by atoms with Gasteiger partial charge in [-0.25, -0.2) is 0 Å². The van der Waals surface area contributed by atoms with Gasteiger partial charge in [-0.1, -0.05) is 20.8 Å². The molecule has 0 saturated heterocycles. The fraction of sp³-hybridized carbons (Fsp3) is 0.417. The predicted octanol–water partition coefficient (Wildman–Crippen LogP) is 1.73. The second-order valence-corrected chi connectivity index (χ2v) is 4.82. The number of amides is 1. The van der Waals surface area contributed by atoms with Gasteiger partial charge in [-0.2, -0.15) is 5.26 Å². The van der Waals surface area contributed by atoms with Gasteiger partial charge in [-0.15, -0.1) is 0 Å². The minimum absolute atomic E-state index is 0.0376. The quantitative estimate of drug-likeness (QED) is 0.820. The van der Waals surface area contributed by atoms with E-state index in [2.05, 4.69) is 10.3 Å².